The fraction of sp³-hybridized carbons (Fsp3) is 0.368. The molecule has 4 rings (SSSR count). The number of nitrogens with zero attached hydrogens (tertiary/aromatic N) is 5. The van der Waals surface area contributed by atoms with Gasteiger partial charge in [-0.25, -0.2) is 9.37 Å². The van der Waals surface area contributed by atoms with Crippen molar-refractivity contribution < 1.29 is 14.4 Å². The molecule has 1 aliphatic rings. The first-order valence-corrected chi connectivity index (χ1v) is 10.5. The Morgan fingerprint density at radius 2 is 2.03 bits per heavy atom. The van der Waals surface area contributed by atoms with Gasteiger partial charge in [-0.05, 0) is 52.7 Å². The van der Waals surface area contributed by atoms with Crippen molar-refractivity contribution in [2.45, 2.75) is 32.0 Å². The van der Waals surface area contributed by atoms with Crippen LogP contribution in [0.3, 0.4) is 0 Å². The Bertz CT molecular complexity index is 1090. The predicted molar refractivity (Wildman–Crippen MR) is 121 cm³/mol. The Morgan fingerprint density at radius 1 is 1.32 bits per heavy atom. The molecule has 2 aromatic heterocycles. The highest BCUT2D eigenvalue weighted by Crippen LogP contribution is 2.32. The van der Waals surface area contributed by atoms with E-state index in [2.05, 4.69) is 9.88 Å². The number of aromatic nitrogens is 3. The van der Waals surface area contributed by atoms with Crippen molar-refractivity contribution in [3.8, 4) is 10.6 Å². The quantitative estimate of drug-likeness (QED) is 0.423. The minimum absolute atomic E-state index is 0. The molecule has 12 heteroatoms. The van der Waals surface area contributed by atoms with Gasteiger partial charge in [0, 0.05) is 36.5 Å². The Balaban J connectivity index is 0.00000272. The fourth-order valence-electron chi connectivity index (χ4n) is 3.58. The van der Waals surface area contributed by atoms with Crippen molar-refractivity contribution in [1.82, 2.24) is 19.4 Å². The first kappa shape index (κ1) is 23.6. The predicted octanol–water partition coefficient (Wildman–Crippen LogP) is 3.63. The zero-order valence-corrected chi connectivity index (χ0v) is 19.2. The molecule has 8 nitrogen and oxygen atoms in total. The van der Waals surface area contributed by atoms with Gasteiger partial charge in [0.25, 0.3) is 0 Å². The van der Waals surface area contributed by atoms with E-state index >= 15 is 0 Å². The number of hydrogen-bond donors (Lipinski definition) is 1. The largest absolute Gasteiger partial charge is 0.387 e. The third-order valence-electron chi connectivity index (χ3n) is 4.88. The molecule has 1 N–H and O–H groups in total. The second kappa shape index (κ2) is 9.21. The van der Waals surface area contributed by atoms with Gasteiger partial charge in [0.05, 0.1) is 17.8 Å². The summed E-state index contributed by atoms with van der Waals surface area (Å²) in [4.78, 5) is 21.9. The molecule has 3 aromatic rings. The highest BCUT2D eigenvalue weighted by Gasteiger charge is 2.30. The molecule has 3 heterocycles. The zero-order chi connectivity index (χ0) is 21.5. The molecule has 31 heavy (non-hydrogen) atoms. The summed E-state index contributed by atoms with van der Waals surface area (Å²) in [5, 5.41) is 22.6. The van der Waals surface area contributed by atoms with Crippen LogP contribution in [0.25, 0.3) is 10.6 Å². The molecule has 1 aliphatic heterocycles. The van der Waals surface area contributed by atoms with Crippen molar-refractivity contribution in [3.05, 3.63) is 62.2 Å². The second-order valence-electron chi connectivity index (χ2n) is 7.61. The van der Waals surface area contributed by atoms with Gasteiger partial charge in [0.2, 0.25) is 0 Å². The highest BCUT2D eigenvalue weighted by atomic mass is 35.5. The number of nitro groups is 1. The monoisotopic (exact) mass is 485 g/mol. The molecule has 0 radical (unpaired) electrons. The lowest BCUT2D eigenvalue weighted by Gasteiger charge is -2.33. The number of aliphatic hydroxyl groups is 1. The van der Waals surface area contributed by atoms with Crippen LogP contribution in [-0.4, -0.2) is 48.2 Å². The van der Waals surface area contributed by atoms with Crippen molar-refractivity contribution in [2.75, 3.05) is 13.1 Å². The average Bonchev–Trinajstić information content (AvgIpc) is 3.25. The van der Waals surface area contributed by atoms with Crippen LogP contribution in [0.1, 0.15) is 17.5 Å². The number of benzene rings is 1. The lowest BCUT2D eigenvalue weighted by atomic mass is 10.0. The van der Waals surface area contributed by atoms with E-state index in [-0.39, 0.29) is 37.0 Å². The summed E-state index contributed by atoms with van der Waals surface area (Å²) in [5.41, 5.74) is 0.745. The van der Waals surface area contributed by atoms with Crippen LogP contribution >= 0.6 is 36.4 Å². The van der Waals surface area contributed by atoms with Gasteiger partial charge in [0.15, 0.2) is 0 Å². The zero-order valence-electron chi connectivity index (χ0n) is 16.6. The SMILES string of the molecule is C[C@](O)(CN1CCc2nc(-c3ccc(F)cc3)sc2C1)Cn1cc([N+](=O)[O-])nc1Cl.S. The van der Waals surface area contributed by atoms with E-state index in [1.54, 1.807) is 30.4 Å². The summed E-state index contributed by atoms with van der Waals surface area (Å²) < 4.78 is 14.5. The second-order valence-corrected chi connectivity index (χ2v) is 9.03. The van der Waals surface area contributed by atoms with Crippen LogP contribution in [0, 0.1) is 15.9 Å². The Morgan fingerprint density at radius 3 is 2.68 bits per heavy atom. The molecule has 0 aliphatic carbocycles. The number of rotatable bonds is 6. The average molecular weight is 486 g/mol. The summed E-state index contributed by atoms with van der Waals surface area (Å²) in [7, 11) is 0. The number of imidazole rings is 1. The maximum Gasteiger partial charge on any atom is 0.383 e. The van der Waals surface area contributed by atoms with Crippen LogP contribution in [0.5, 0.6) is 0 Å². The topological polar surface area (TPSA) is 97.3 Å². The molecule has 0 amide bonds. The van der Waals surface area contributed by atoms with E-state index in [9.17, 15) is 19.6 Å². The molecule has 0 bridgehead atoms. The number of fused-ring (bicyclic) bond motifs is 1. The third-order valence-corrected chi connectivity index (χ3v) is 6.31. The van der Waals surface area contributed by atoms with E-state index in [0.717, 1.165) is 34.1 Å². The normalized spacial score (nSPS) is 15.7. The molecule has 1 aromatic carbocycles. The Hall–Kier alpha value is -2.05. The van der Waals surface area contributed by atoms with Crippen LogP contribution in [0.4, 0.5) is 10.2 Å². The molecule has 0 saturated carbocycles. The maximum atomic E-state index is 13.2. The molecular formula is C19H21ClFN5O3S2. The first-order chi connectivity index (χ1) is 14.2. The van der Waals surface area contributed by atoms with E-state index in [0.29, 0.717) is 13.1 Å². The van der Waals surface area contributed by atoms with E-state index < -0.39 is 10.5 Å². The summed E-state index contributed by atoms with van der Waals surface area (Å²) in [6.45, 7) is 3.48. The molecule has 0 saturated heterocycles. The van der Waals surface area contributed by atoms with Gasteiger partial charge < -0.3 is 15.2 Å². The van der Waals surface area contributed by atoms with Gasteiger partial charge in [-0.15, -0.1) is 11.3 Å². The minimum atomic E-state index is -1.17. The number of hydrogen-bond acceptors (Lipinski definition) is 7. The van der Waals surface area contributed by atoms with Gasteiger partial charge in [-0.3, -0.25) is 9.47 Å². The molecule has 0 unspecified atom stereocenters. The van der Waals surface area contributed by atoms with Crippen LogP contribution < -0.4 is 0 Å². The van der Waals surface area contributed by atoms with E-state index in [1.165, 1.54) is 22.9 Å². The van der Waals surface area contributed by atoms with Crippen LogP contribution in [0.2, 0.25) is 5.28 Å². The van der Waals surface area contributed by atoms with Gasteiger partial charge in [-0.2, -0.15) is 13.5 Å². The molecule has 1 atom stereocenters. The van der Waals surface area contributed by atoms with Crippen molar-refractivity contribution >= 4 is 42.3 Å². The van der Waals surface area contributed by atoms with E-state index in [1.807, 2.05) is 0 Å². The fourth-order valence-corrected chi connectivity index (χ4v) is 4.93. The highest BCUT2D eigenvalue weighted by molar-refractivity contribution is 7.59. The third kappa shape index (κ3) is 5.42. The Labute approximate surface area is 193 Å². The van der Waals surface area contributed by atoms with Crippen molar-refractivity contribution in [1.29, 1.82) is 0 Å². The minimum Gasteiger partial charge on any atom is -0.387 e. The van der Waals surface area contributed by atoms with Gasteiger partial charge in [-0.1, -0.05) is 0 Å². The summed E-state index contributed by atoms with van der Waals surface area (Å²) in [6.07, 6.45) is 1.98. The first-order valence-electron chi connectivity index (χ1n) is 9.26. The Kier molecular flexibility index (Phi) is 7.01. The van der Waals surface area contributed by atoms with E-state index in [4.69, 9.17) is 16.6 Å². The lowest BCUT2D eigenvalue weighted by Crippen LogP contribution is -2.45. The van der Waals surface area contributed by atoms with Crippen molar-refractivity contribution in [2.24, 2.45) is 0 Å². The van der Waals surface area contributed by atoms with Crippen molar-refractivity contribution in [3.63, 3.8) is 0 Å². The molecule has 0 spiro atoms. The summed E-state index contributed by atoms with van der Waals surface area (Å²) in [5.74, 6) is -0.631. The number of halogens is 2. The molecular weight excluding hydrogens is 465 g/mol. The van der Waals surface area contributed by atoms with Crippen LogP contribution in [0.15, 0.2) is 30.5 Å². The number of thiazole rings is 1. The molecule has 166 valence electrons. The number of β-amino-alcohol motifs (C(OH)–C–C–N with tert-alkyl or cyclic N) is 1. The standard InChI is InChI=1S/C19H19ClFN5O3S.H2S/c1-19(27,11-25-9-16(26(28)29)23-18(25)20)10-24-7-6-14-15(8-24)30-17(22-14)12-2-4-13(21)5-3-12;/h2-5,9,27H,6-8,10-11H2,1H3;1H2/t19-;/m0./s1. The molecule has 0 fully saturated rings. The van der Waals surface area contributed by atoms with Crippen LogP contribution in [-0.2, 0) is 19.5 Å². The summed E-state index contributed by atoms with van der Waals surface area (Å²) in [6, 6.07) is 6.28. The lowest BCUT2D eigenvalue weighted by molar-refractivity contribution is -0.389. The summed E-state index contributed by atoms with van der Waals surface area (Å²) >= 11 is 7.54. The maximum absolute atomic E-state index is 13.2. The smallest absolute Gasteiger partial charge is 0.383 e. The van der Waals surface area contributed by atoms with Gasteiger partial charge >= 0.3 is 11.1 Å². The van der Waals surface area contributed by atoms with Gasteiger partial charge in [0.1, 0.15) is 17.0 Å².